The minimum Gasteiger partial charge on any atom is -0.454 e. The maximum Gasteiger partial charge on any atom is 0.150 e. The Morgan fingerprint density at radius 3 is 2.26 bits per heavy atom. The third-order valence-electron chi connectivity index (χ3n) is 2.33. The fourth-order valence-corrected chi connectivity index (χ4v) is 1.99. The van der Waals surface area contributed by atoms with Crippen LogP contribution in [0.5, 0.6) is 11.5 Å². The first-order valence-electron chi connectivity index (χ1n) is 5.13. The number of nitrogens with two attached hydrogens (primary N) is 1. The van der Waals surface area contributed by atoms with Crippen LogP contribution < -0.4 is 10.5 Å². The van der Waals surface area contributed by atoms with Crippen molar-refractivity contribution in [3.05, 3.63) is 51.0 Å². The van der Waals surface area contributed by atoms with Crippen molar-refractivity contribution in [3.63, 3.8) is 0 Å². The second-order valence-corrected chi connectivity index (χ2v) is 4.88. The van der Waals surface area contributed by atoms with Gasteiger partial charge in [-0.3, -0.25) is 0 Å². The summed E-state index contributed by atoms with van der Waals surface area (Å²) in [5.41, 5.74) is 6.57. The molecule has 0 atom stereocenters. The Morgan fingerprint density at radius 2 is 1.63 bits per heavy atom. The molecule has 0 fully saturated rings. The van der Waals surface area contributed by atoms with Gasteiger partial charge in [0.15, 0.2) is 0 Å². The van der Waals surface area contributed by atoms with E-state index in [0.717, 1.165) is 0 Å². The Morgan fingerprint density at radius 1 is 0.947 bits per heavy atom. The van der Waals surface area contributed by atoms with Gasteiger partial charge in [0, 0.05) is 6.07 Å². The van der Waals surface area contributed by atoms with Crippen LogP contribution in [-0.2, 0) is 0 Å². The van der Waals surface area contributed by atoms with Crippen LogP contribution in [0, 0.1) is 11.3 Å². The summed E-state index contributed by atoms with van der Waals surface area (Å²) in [5.74, 6) is 0.728. The van der Waals surface area contributed by atoms with Gasteiger partial charge in [-0.15, -0.1) is 0 Å². The van der Waals surface area contributed by atoms with Gasteiger partial charge in [0.1, 0.15) is 11.5 Å². The van der Waals surface area contributed by atoms with E-state index >= 15 is 0 Å². The highest BCUT2D eigenvalue weighted by Gasteiger charge is 2.10. The maximum atomic E-state index is 8.75. The lowest BCUT2D eigenvalue weighted by Gasteiger charge is -2.11. The largest absolute Gasteiger partial charge is 0.454 e. The highest BCUT2D eigenvalue weighted by atomic mass is 35.5. The Kier molecular flexibility index (Phi) is 4.06. The molecule has 2 aromatic carbocycles. The van der Waals surface area contributed by atoms with Gasteiger partial charge in [-0.1, -0.05) is 34.8 Å². The Bertz CT molecular complexity index is 680. The van der Waals surface area contributed by atoms with Gasteiger partial charge in [0.05, 0.1) is 32.4 Å². The number of nitriles is 1. The summed E-state index contributed by atoms with van der Waals surface area (Å²) >= 11 is 17.7. The van der Waals surface area contributed by atoms with Crippen LogP contribution in [0.15, 0.2) is 30.3 Å². The molecule has 0 aliphatic rings. The number of rotatable bonds is 2. The molecule has 0 aliphatic carbocycles. The fraction of sp³-hybridized carbons (Fsp3) is 0. The monoisotopic (exact) mass is 312 g/mol. The zero-order valence-electron chi connectivity index (χ0n) is 9.45. The first-order valence-corrected chi connectivity index (χ1v) is 6.26. The van der Waals surface area contributed by atoms with Gasteiger partial charge in [0.25, 0.3) is 0 Å². The standard InChI is InChI=1S/C13H7Cl3N2O/c14-8-4-10(16)13(5-9(8)15)19-12-2-1-7(6-17)3-11(12)18/h1-5H,18H2. The Labute approximate surface area is 125 Å². The van der Waals surface area contributed by atoms with Gasteiger partial charge in [-0.05, 0) is 24.3 Å². The molecule has 0 aromatic heterocycles. The molecule has 0 bridgehead atoms. The van der Waals surface area contributed by atoms with Crippen molar-refractivity contribution in [2.45, 2.75) is 0 Å². The molecule has 3 nitrogen and oxygen atoms in total. The van der Waals surface area contributed by atoms with Gasteiger partial charge in [-0.2, -0.15) is 5.26 Å². The van der Waals surface area contributed by atoms with Crippen LogP contribution in [0.2, 0.25) is 15.1 Å². The minimum absolute atomic E-state index is 0.318. The zero-order chi connectivity index (χ0) is 14.0. The van der Waals surface area contributed by atoms with Crippen molar-refractivity contribution < 1.29 is 4.74 Å². The lowest BCUT2D eigenvalue weighted by atomic mass is 10.2. The summed E-state index contributed by atoms with van der Waals surface area (Å²) in [5, 5.41) is 9.74. The smallest absolute Gasteiger partial charge is 0.150 e. The molecule has 0 unspecified atom stereocenters. The van der Waals surface area contributed by atoms with Gasteiger partial charge in [0.2, 0.25) is 0 Å². The molecule has 2 N–H and O–H groups in total. The lowest BCUT2D eigenvalue weighted by molar-refractivity contribution is 0.485. The van der Waals surface area contributed by atoms with Crippen LogP contribution in [0.25, 0.3) is 0 Å². The number of anilines is 1. The molecule has 0 spiro atoms. The molecule has 6 heteroatoms. The van der Waals surface area contributed by atoms with Crippen LogP contribution in [0.4, 0.5) is 5.69 Å². The number of hydrogen-bond donors (Lipinski definition) is 1. The predicted octanol–water partition coefficient (Wildman–Crippen LogP) is 4.89. The van der Waals surface area contributed by atoms with Crippen molar-refractivity contribution in [3.8, 4) is 17.6 Å². The first-order chi connectivity index (χ1) is 9.01. The number of benzene rings is 2. The molecule has 2 rings (SSSR count). The second kappa shape index (κ2) is 5.58. The van der Waals surface area contributed by atoms with E-state index in [1.807, 2.05) is 6.07 Å². The van der Waals surface area contributed by atoms with E-state index in [1.54, 1.807) is 12.1 Å². The highest BCUT2D eigenvalue weighted by Crippen LogP contribution is 2.37. The number of hydrogen-bond acceptors (Lipinski definition) is 3. The van der Waals surface area contributed by atoms with Crippen molar-refractivity contribution >= 4 is 40.5 Å². The SMILES string of the molecule is N#Cc1ccc(Oc2cc(Cl)c(Cl)cc2Cl)c(N)c1. The number of halogens is 3. The third kappa shape index (κ3) is 3.05. The summed E-state index contributed by atoms with van der Waals surface area (Å²) in [6.07, 6.45) is 0. The lowest BCUT2D eigenvalue weighted by Crippen LogP contribution is -1.93. The summed E-state index contributed by atoms with van der Waals surface area (Å²) in [4.78, 5) is 0. The quantitative estimate of drug-likeness (QED) is 0.634. The van der Waals surface area contributed by atoms with Gasteiger partial charge < -0.3 is 10.5 Å². The minimum atomic E-state index is 0.318. The summed E-state index contributed by atoms with van der Waals surface area (Å²) in [6.45, 7) is 0. The highest BCUT2D eigenvalue weighted by molar-refractivity contribution is 6.43. The zero-order valence-corrected chi connectivity index (χ0v) is 11.7. The third-order valence-corrected chi connectivity index (χ3v) is 3.35. The molecular weight excluding hydrogens is 307 g/mol. The van der Waals surface area contributed by atoms with E-state index in [0.29, 0.717) is 37.8 Å². The Balaban J connectivity index is 2.37. The molecule has 0 saturated heterocycles. The molecule has 0 aliphatic heterocycles. The molecule has 0 radical (unpaired) electrons. The van der Waals surface area contributed by atoms with Gasteiger partial charge in [-0.25, -0.2) is 0 Å². The van der Waals surface area contributed by atoms with E-state index in [1.165, 1.54) is 18.2 Å². The number of ether oxygens (including phenoxy) is 1. The van der Waals surface area contributed by atoms with E-state index in [4.69, 9.17) is 50.5 Å². The van der Waals surface area contributed by atoms with Crippen molar-refractivity contribution in [2.75, 3.05) is 5.73 Å². The van der Waals surface area contributed by atoms with Crippen LogP contribution in [0.1, 0.15) is 5.56 Å². The summed E-state index contributed by atoms with van der Waals surface area (Å²) < 4.78 is 5.57. The van der Waals surface area contributed by atoms with Crippen LogP contribution in [-0.4, -0.2) is 0 Å². The fourth-order valence-electron chi connectivity index (χ4n) is 1.41. The average Bonchev–Trinajstić information content (AvgIpc) is 2.38. The average molecular weight is 314 g/mol. The van der Waals surface area contributed by atoms with E-state index in [-0.39, 0.29) is 0 Å². The normalized spacial score (nSPS) is 10.0. The molecule has 0 amide bonds. The predicted molar refractivity (Wildman–Crippen MR) is 77.1 cm³/mol. The second-order valence-electron chi connectivity index (χ2n) is 3.66. The van der Waals surface area contributed by atoms with Crippen molar-refractivity contribution in [1.82, 2.24) is 0 Å². The van der Waals surface area contributed by atoms with Crippen LogP contribution in [0.3, 0.4) is 0 Å². The van der Waals surface area contributed by atoms with E-state index < -0.39 is 0 Å². The molecule has 2 aromatic rings. The first kappa shape index (κ1) is 13.8. The van der Waals surface area contributed by atoms with Crippen LogP contribution >= 0.6 is 34.8 Å². The molecule has 19 heavy (non-hydrogen) atoms. The molecule has 0 saturated carbocycles. The number of nitrogens with zero attached hydrogens (tertiary/aromatic N) is 1. The summed E-state index contributed by atoms with van der Waals surface area (Å²) in [6, 6.07) is 9.68. The molecule has 0 heterocycles. The summed E-state index contributed by atoms with van der Waals surface area (Å²) in [7, 11) is 0. The topological polar surface area (TPSA) is 59.0 Å². The Hall–Kier alpha value is -1.60. The van der Waals surface area contributed by atoms with Crippen molar-refractivity contribution in [2.24, 2.45) is 0 Å². The van der Waals surface area contributed by atoms with Crippen molar-refractivity contribution in [1.29, 1.82) is 5.26 Å². The van der Waals surface area contributed by atoms with Gasteiger partial charge >= 0.3 is 0 Å². The molecule has 96 valence electrons. The number of nitrogen functional groups attached to an aromatic ring is 1. The molecular formula is C13H7Cl3N2O. The van der Waals surface area contributed by atoms with E-state index in [9.17, 15) is 0 Å². The van der Waals surface area contributed by atoms with E-state index in [2.05, 4.69) is 0 Å². The maximum absolute atomic E-state index is 8.75.